The highest BCUT2D eigenvalue weighted by Crippen LogP contribution is 2.41. The molecule has 2 N–H and O–H groups in total. The second-order valence-electron chi connectivity index (χ2n) is 7.94. The lowest BCUT2D eigenvalue weighted by Gasteiger charge is -2.18. The molecule has 2 heterocycles. The van der Waals surface area contributed by atoms with Gasteiger partial charge in [-0.1, -0.05) is 47.0 Å². The molecule has 2 aromatic carbocycles. The molecule has 1 aliphatic rings. The summed E-state index contributed by atoms with van der Waals surface area (Å²) in [4.78, 5) is 13.3. The molecule has 8 nitrogen and oxygen atoms in total. The van der Waals surface area contributed by atoms with Crippen LogP contribution in [0, 0.1) is 0 Å². The van der Waals surface area contributed by atoms with E-state index in [1.165, 1.54) is 0 Å². The van der Waals surface area contributed by atoms with Gasteiger partial charge in [0.15, 0.2) is 12.3 Å². The van der Waals surface area contributed by atoms with E-state index in [1.54, 1.807) is 17.4 Å². The van der Waals surface area contributed by atoms with Crippen LogP contribution in [0.4, 0.5) is 5.69 Å². The van der Waals surface area contributed by atoms with Crippen LogP contribution in [-0.2, 0) is 20.7 Å². The fraction of sp³-hybridized carbons (Fsp3) is 0.280. The number of benzene rings is 2. The molecule has 0 bridgehead atoms. The second-order valence-corrected chi connectivity index (χ2v) is 10.2. The molecule has 190 valence electrons. The number of aryl methyl sites for hydroxylation is 1. The molecule has 1 aliphatic heterocycles. The van der Waals surface area contributed by atoms with Gasteiger partial charge in [-0.15, -0.1) is 4.33 Å². The van der Waals surface area contributed by atoms with E-state index >= 15 is 0 Å². The van der Waals surface area contributed by atoms with E-state index < -0.39 is 5.97 Å². The third-order valence-electron chi connectivity index (χ3n) is 5.59. The van der Waals surface area contributed by atoms with Crippen LogP contribution in [-0.4, -0.2) is 28.6 Å². The Labute approximate surface area is 222 Å². The summed E-state index contributed by atoms with van der Waals surface area (Å²) < 4.78 is 13.8. The Hall–Kier alpha value is -2.60. The fourth-order valence-electron chi connectivity index (χ4n) is 3.91. The molecule has 0 unspecified atom stereocenters. The number of carboxylic acids is 1. The molecule has 0 saturated carbocycles. The number of carboxylic acid groups (broad SMARTS) is 1. The number of ether oxygens (including phenoxy) is 1. The van der Waals surface area contributed by atoms with Crippen molar-refractivity contribution in [1.29, 1.82) is 0 Å². The van der Waals surface area contributed by atoms with Crippen molar-refractivity contribution in [3.05, 3.63) is 70.0 Å². The number of rotatable bonds is 12. The van der Waals surface area contributed by atoms with Gasteiger partial charge in [-0.2, -0.15) is 4.57 Å². The first-order valence-corrected chi connectivity index (χ1v) is 13.5. The van der Waals surface area contributed by atoms with Crippen molar-refractivity contribution in [2.24, 2.45) is 0 Å². The summed E-state index contributed by atoms with van der Waals surface area (Å²) in [6, 6.07) is 13.5. The van der Waals surface area contributed by atoms with Crippen LogP contribution < -0.4 is 14.2 Å². The van der Waals surface area contributed by atoms with Crippen molar-refractivity contribution >= 4 is 62.9 Å². The smallest absolute Gasteiger partial charge is 0.309 e. The molecule has 0 amide bonds. The largest absolute Gasteiger partial charge is 0.481 e. The minimum absolute atomic E-state index is 0.0464. The summed E-state index contributed by atoms with van der Waals surface area (Å²) in [7, 11) is 0. The maximum atomic E-state index is 11.3. The van der Waals surface area contributed by atoms with Crippen LogP contribution in [0.25, 0.3) is 16.3 Å². The quantitative estimate of drug-likeness (QED) is 0.0892. The molecule has 1 aromatic heterocycles. The molecule has 0 fully saturated rings. The molecule has 0 spiro atoms. The Morgan fingerprint density at radius 1 is 1.31 bits per heavy atom. The lowest BCUT2D eigenvalue weighted by atomic mass is 10.2. The third-order valence-corrected chi connectivity index (χ3v) is 7.55. The number of fused-ring (bicyclic) bond motifs is 2. The zero-order chi connectivity index (χ0) is 25.5. The molecule has 3 aromatic rings. The molecular formula is C25H26ClN2O6S2+. The number of aliphatic carboxylic acids is 1. The molecule has 36 heavy (non-hydrogen) atoms. The van der Waals surface area contributed by atoms with Gasteiger partial charge in [-0.25, -0.2) is 5.26 Å². The van der Waals surface area contributed by atoms with E-state index in [0.29, 0.717) is 29.7 Å². The predicted octanol–water partition coefficient (Wildman–Crippen LogP) is 6.31. The van der Waals surface area contributed by atoms with Crippen molar-refractivity contribution < 1.29 is 33.8 Å². The summed E-state index contributed by atoms with van der Waals surface area (Å²) in [5.41, 5.74) is 2.94. The highest BCUT2D eigenvalue weighted by Gasteiger charge is 2.27. The number of hydrogen-bond acceptors (Lipinski definition) is 8. The minimum Gasteiger partial charge on any atom is -0.481 e. The number of anilines is 1. The third kappa shape index (κ3) is 6.39. The molecule has 11 heteroatoms. The zero-order valence-corrected chi connectivity index (χ0v) is 21.9. The van der Waals surface area contributed by atoms with Gasteiger partial charge >= 0.3 is 5.97 Å². The standard InChI is InChI=1S/C25H25ClN2O6S2/c1-2-17(15-24-28(12-10-25(29)30)19-6-3-4-7-22(19)36-24)14-23-27(11-5-13-35-34-33-31)20-16-18(26)8-9-21(20)32-23/h3-4,6-9,14-16H,2,5,10-13H2,1H3,(H-,29,30,31)/p+1. The van der Waals surface area contributed by atoms with Crippen LogP contribution in [0.3, 0.4) is 0 Å². The van der Waals surface area contributed by atoms with E-state index in [0.717, 1.165) is 57.1 Å². The van der Waals surface area contributed by atoms with Gasteiger partial charge in [0.2, 0.25) is 11.4 Å². The van der Waals surface area contributed by atoms with E-state index in [4.69, 9.17) is 21.6 Å². The van der Waals surface area contributed by atoms with Gasteiger partial charge in [0.05, 0.1) is 5.69 Å². The normalized spacial score (nSPS) is 14.5. The lowest BCUT2D eigenvalue weighted by molar-refractivity contribution is -0.667. The average Bonchev–Trinajstić information content (AvgIpc) is 3.38. The minimum atomic E-state index is -0.828. The Kier molecular flexibility index (Phi) is 9.24. The van der Waals surface area contributed by atoms with E-state index in [-0.39, 0.29) is 6.42 Å². The fourth-order valence-corrected chi connectivity index (χ4v) is 5.60. The van der Waals surface area contributed by atoms with Crippen molar-refractivity contribution in [2.75, 3.05) is 17.2 Å². The average molecular weight is 550 g/mol. The highest BCUT2D eigenvalue weighted by atomic mass is 35.5. The summed E-state index contributed by atoms with van der Waals surface area (Å²) >= 11 is 8.91. The van der Waals surface area contributed by atoms with Crippen LogP contribution in [0.5, 0.6) is 5.75 Å². The highest BCUT2D eigenvalue weighted by molar-refractivity contribution is 7.94. The van der Waals surface area contributed by atoms with Crippen LogP contribution in [0.2, 0.25) is 5.02 Å². The second kappa shape index (κ2) is 12.6. The first-order chi connectivity index (χ1) is 17.5. The molecular weight excluding hydrogens is 524 g/mol. The Morgan fingerprint density at radius 2 is 2.14 bits per heavy atom. The molecule has 0 radical (unpaired) electrons. The Balaban J connectivity index is 1.66. The first-order valence-electron chi connectivity index (χ1n) is 11.4. The summed E-state index contributed by atoms with van der Waals surface area (Å²) in [6.07, 6.45) is 5.64. The van der Waals surface area contributed by atoms with Crippen molar-refractivity contribution in [3.8, 4) is 5.75 Å². The number of para-hydroxylation sites is 1. The number of halogens is 1. The number of aromatic nitrogens is 1. The van der Waals surface area contributed by atoms with Gasteiger partial charge in [0, 0.05) is 47.6 Å². The maximum Gasteiger partial charge on any atom is 0.309 e. The van der Waals surface area contributed by atoms with Crippen molar-refractivity contribution in [2.45, 2.75) is 32.7 Å². The molecule has 0 atom stereocenters. The Bertz CT molecular complexity index is 1290. The van der Waals surface area contributed by atoms with E-state index in [9.17, 15) is 9.90 Å². The van der Waals surface area contributed by atoms with Gasteiger partial charge in [0.25, 0.3) is 5.01 Å². The van der Waals surface area contributed by atoms with Gasteiger partial charge in [-0.3, -0.25) is 4.79 Å². The molecule has 0 aliphatic carbocycles. The zero-order valence-electron chi connectivity index (χ0n) is 19.6. The number of nitrogens with zero attached hydrogens (tertiary/aromatic N) is 2. The monoisotopic (exact) mass is 549 g/mol. The SMILES string of the molecule is CCC(=Cc1sc2ccccc2[n+]1CCC(=O)O)/C=C1/Oc2ccc(Cl)cc2N1CCCSOOO. The molecule has 0 saturated heterocycles. The van der Waals surface area contributed by atoms with Gasteiger partial charge in [-0.05, 0) is 42.7 Å². The van der Waals surface area contributed by atoms with E-state index in [2.05, 4.69) is 31.8 Å². The number of allylic oxidation sites excluding steroid dienone is 2. The summed E-state index contributed by atoms with van der Waals surface area (Å²) in [5, 5.41) is 22.8. The molecule has 4 rings (SSSR count). The maximum absolute atomic E-state index is 11.3. The van der Waals surface area contributed by atoms with Gasteiger partial charge in [0.1, 0.15) is 11.1 Å². The number of carbonyl (C=O) groups is 1. The lowest BCUT2D eigenvalue weighted by Crippen LogP contribution is -2.36. The summed E-state index contributed by atoms with van der Waals surface area (Å²) in [5.74, 6) is 1.18. The van der Waals surface area contributed by atoms with Crippen LogP contribution in [0.1, 0.15) is 31.2 Å². The van der Waals surface area contributed by atoms with Crippen LogP contribution >= 0.6 is 35.0 Å². The van der Waals surface area contributed by atoms with Gasteiger partial charge < -0.3 is 14.7 Å². The Morgan fingerprint density at radius 3 is 2.92 bits per heavy atom. The first kappa shape index (κ1) is 26.5. The number of thiazole rings is 1. The van der Waals surface area contributed by atoms with Crippen LogP contribution in [0.15, 0.2) is 60.0 Å². The summed E-state index contributed by atoms with van der Waals surface area (Å²) in [6.45, 7) is 3.10. The number of hydrogen-bond donors (Lipinski definition) is 2. The topological polar surface area (TPSA) is 92.3 Å². The van der Waals surface area contributed by atoms with Crippen molar-refractivity contribution in [3.63, 3.8) is 0 Å². The predicted molar refractivity (Wildman–Crippen MR) is 142 cm³/mol. The van der Waals surface area contributed by atoms with E-state index in [1.807, 2.05) is 42.5 Å². The van der Waals surface area contributed by atoms with Crippen molar-refractivity contribution in [1.82, 2.24) is 0 Å².